The summed E-state index contributed by atoms with van der Waals surface area (Å²) in [5, 5.41) is 15.3. The fourth-order valence-electron chi connectivity index (χ4n) is 2.55. The summed E-state index contributed by atoms with van der Waals surface area (Å²) < 4.78 is 2.22. The van der Waals surface area contributed by atoms with Crippen molar-refractivity contribution in [3.63, 3.8) is 0 Å². The molecule has 0 fully saturated rings. The van der Waals surface area contributed by atoms with Crippen LogP contribution in [0.25, 0.3) is 10.8 Å². The standard InChI is InChI=1S/C17H18N2O/c1-2-19-11-5-6-13(19)12-18-16-9-3-8-15-14(16)7-4-10-17(15)20/h3-11,18,20H,2,12H2,1H3. The maximum absolute atomic E-state index is 9.90. The largest absolute Gasteiger partial charge is 0.507 e. The van der Waals surface area contributed by atoms with Crippen molar-refractivity contribution in [2.75, 3.05) is 5.32 Å². The van der Waals surface area contributed by atoms with E-state index in [0.717, 1.165) is 29.5 Å². The van der Waals surface area contributed by atoms with E-state index >= 15 is 0 Å². The first-order valence-electron chi connectivity index (χ1n) is 6.88. The van der Waals surface area contributed by atoms with E-state index in [1.54, 1.807) is 6.07 Å². The van der Waals surface area contributed by atoms with Gasteiger partial charge in [-0.25, -0.2) is 0 Å². The molecule has 0 radical (unpaired) electrons. The summed E-state index contributed by atoms with van der Waals surface area (Å²) in [4.78, 5) is 0. The molecule has 0 atom stereocenters. The normalized spacial score (nSPS) is 10.8. The van der Waals surface area contributed by atoms with Crippen LogP contribution in [0.2, 0.25) is 0 Å². The number of phenols is 1. The number of nitrogens with one attached hydrogen (secondary N) is 1. The Labute approximate surface area is 118 Å². The van der Waals surface area contributed by atoms with Crippen LogP contribution in [0, 0.1) is 0 Å². The Balaban J connectivity index is 1.90. The van der Waals surface area contributed by atoms with Crippen LogP contribution in [-0.4, -0.2) is 9.67 Å². The van der Waals surface area contributed by atoms with Crippen LogP contribution in [0.5, 0.6) is 5.75 Å². The van der Waals surface area contributed by atoms with Gasteiger partial charge in [-0.2, -0.15) is 0 Å². The summed E-state index contributed by atoms with van der Waals surface area (Å²) in [6.07, 6.45) is 2.09. The molecule has 0 saturated carbocycles. The van der Waals surface area contributed by atoms with Crippen molar-refractivity contribution in [3.8, 4) is 5.75 Å². The van der Waals surface area contributed by atoms with Crippen LogP contribution in [0.15, 0.2) is 54.7 Å². The predicted octanol–water partition coefficient (Wildman–Crippen LogP) is 3.98. The van der Waals surface area contributed by atoms with Crippen LogP contribution >= 0.6 is 0 Å². The lowest BCUT2D eigenvalue weighted by atomic mass is 10.1. The summed E-state index contributed by atoms with van der Waals surface area (Å²) in [7, 11) is 0. The summed E-state index contributed by atoms with van der Waals surface area (Å²) in [5.41, 5.74) is 2.30. The van der Waals surface area contributed by atoms with Crippen LogP contribution < -0.4 is 5.32 Å². The van der Waals surface area contributed by atoms with Crippen molar-refractivity contribution in [1.82, 2.24) is 4.57 Å². The second-order valence-corrected chi connectivity index (χ2v) is 4.82. The number of aromatic hydroxyl groups is 1. The minimum absolute atomic E-state index is 0.322. The van der Waals surface area contributed by atoms with E-state index in [9.17, 15) is 5.11 Å². The maximum Gasteiger partial charge on any atom is 0.123 e. The summed E-state index contributed by atoms with van der Waals surface area (Å²) in [6.45, 7) is 3.88. The number of benzene rings is 2. The van der Waals surface area contributed by atoms with Gasteiger partial charge in [0.2, 0.25) is 0 Å². The molecule has 20 heavy (non-hydrogen) atoms. The quantitative estimate of drug-likeness (QED) is 0.749. The lowest BCUT2D eigenvalue weighted by molar-refractivity contribution is 0.481. The third kappa shape index (κ3) is 2.23. The lowest BCUT2D eigenvalue weighted by Crippen LogP contribution is -2.06. The molecule has 0 saturated heterocycles. The molecule has 3 aromatic rings. The monoisotopic (exact) mass is 266 g/mol. The van der Waals surface area contributed by atoms with Gasteiger partial charge in [-0.15, -0.1) is 0 Å². The van der Waals surface area contributed by atoms with Crippen molar-refractivity contribution >= 4 is 16.5 Å². The van der Waals surface area contributed by atoms with E-state index in [4.69, 9.17) is 0 Å². The number of aromatic nitrogens is 1. The Kier molecular flexibility index (Phi) is 3.33. The Morgan fingerprint density at radius 2 is 1.80 bits per heavy atom. The van der Waals surface area contributed by atoms with E-state index < -0.39 is 0 Å². The van der Waals surface area contributed by atoms with Gasteiger partial charge in [0.25, 0.3) is 0 Å². The van der Waals surface area contributed by atoms with Crippen molar-refractivity contribution in [3.05, 3.63) is 60.4 Å². The molecule has 1 heterocycles. The van der Waals surface area contributed by atoms with Crippen LogP contribution in [0.3, 0.4) is 0 Å². The van der Waals surface area contributed by atoms with Gasteiger partial charge in [-0.05, 0) is 31.2 Å². The molecule has 0 bridgehead atoms. The Bertz CT molecular complexity index is 731. The molecule has 2 aromatic carbocycles. The molecular weight excluding hydrogens is 248 g/mol. The molecule has 0 unspecified atom stereocenters. The number of aryl methyl sites for hydroxylation is 1. The van der Waals surface area contributed by atoms with Gasteiger partial charge < -0.3 is 15.0 Å². The summed E-state index contributed by atoms with van der Waals surface area (Å²) in [6, 6.07) is 15.7. The fourth-order valence-corrected chi connectivity index (χ4v) is 2.55. The highest BCUT2D eigenvalue weighted by molar-refractivity contribution is 5.97. The van der Waals surface area contributed by atoms with E-state index in [0.29, 0.717) is 5.75 Å². The number of fused-ring (bicyclic) bond motifs is 1. The first-order valence-corrected chi connectivity index (χ1v) is 6.88. The molecule has 3 nitrogen and oxygen atoms in total. The summed E-state index contributed by atoms with van der Waals surface area (Å²) in [5.74, 6) is 0.322. The number of hydrogen-bond donors (Lipinski definition) is 2. The molecule has 2 N–H and O–H groups in total. The van der Waals surface area contributed by atoms with E-state index in [1.807, 2.05) is 30.3 Å². The van der Waals surface area contributed by atoms with Crippen LogP contribution in [0.1, 0.15) is 12.6 Å². The number of nitrogens with zero attached hydrogens (tertiary/aromatic N) is 1. The molecular formula is C17H18N2O. The molecule has 3 rings (SSSR count). The molecule has 0 amide bonds. The van der Waals surface area contributed by atoms with E-state index in [2.05, 4.69) is 35.1 Å². The third-order valence-electron chi connectivity index (χ3n) is 3.62. The zero-order valence-electron chi connectivity index (χ0n) is 11.5. The maximum atomic E-state index is 9.90. The Morgan fingerprint density at radius 1 is 1.00 bits per heavy atom. The van der Waals surface area contributed by atoms with Crippen LogP contribution in [0.4, 0.5) is 5.69 Å². The molecule has 0 aliphatic carbocycles. The highest BCUT2D eigenvalue weighted by Crippen LogP contribution is 2.29. The second kappa shape index (κ2) is 5.29. The number of anilines is 1. The molecule has 0 aliphatic heterocycles. The zero-order chi connectivity index (χ0) is 13.9. The van der Waals surface area contributed by atoms with Gasteiger partial charge >= 0.3 is 0 Å². The number of hydrogen-bond acceptors (Lipinski definition) is 2. The van der Waals surface area contributed by atoms with Crippen molar-refractivity contribution in [2.45, 2.75) is 20.0 Å². The van der Waals surface area contributed by atoms with Crippen LogP contribution in [-0.2, 0) is 13.1 Å². The lowest BCUT2D eigenvalue weighted by Gasteiger charge is -2.12. The molecule has 0 spiro atoms. The Morgan fingerprint density at radius 3 is 2.65 bits per heavy atom. The average molecular weight is 266 g/mol. The van der Waals surface area contributed by atoms with Crippen molar-refractivity contribution in [2.24, 2.45) is 0 Å². The second-order valence-electron chi connectivity index (χ2n) is 4.82. The summed E-state index contributed by atoms with van der Waals surface area (Å²) >= 11 is 0. The van der Waals surface area contributed by atoms with E-state index in [-0.39, 0.29) is 0 Å². The van der Waals surface area contributed by atoms with Gasteiger partial charge in [0, 0.05) is 34.9 Å². The molecule has 3 heteroatoms. The highest BCUT2D eigenvalue weighted by atomic mass is 16.3. The van der Waals surface area contributed by atoms with Gasteiger partial charge in [-0.1, -0.05) is 24.3 Å². The van der Waals surface area contributed by atoms with Gasteiger partial charge in [0.1, 0.15) is 5.75 Å². The third-order valence-corrected chi connectivity index (χ3v) is 3.62. The SMILES string of the molecule is CCn1cccc1CNc1cccc2c(O)cccc12. The zero-order valence-corrected chi connectivity index (χ0v) is 11.5. The smallest absolute Gasteiger partial charge is 0.123 e. The highest BCUT2D eigenvalue weighted by Gasteiger charge is 2.05. The predicted molar refractivity (Wildman–Crippen MR) is 83.0 cm³/mol. The molecule has 0 aliphatic rings. The minimum atomic E-state index is 0.322. The van der Waals surface area contributed by atoms with Crippen molar-refractivity contribution < 1.29 is 5.11 Å². The topological polar surface area (TPSA) is 37.2 Å². The first kappa shape index (κ1) is 12.6. The minimum Gasteiger partial charge on any atom is -0.507 e. The average Bonchev–Trinajstić information content (AvgIpc) is 2.93. The number of rotatable bonds is 4. The van der Waals surface area contributed by atoms with Gasteiger partial charge in [0.05, 0.1) is 6.54 Å². The molecule has 102 valence electrons. The van der Waals surface area contributed by atoms with Gasteiger partial charge in [0.15, 0.2) is 0 Å². The molecule has 1 aromatic heterocycles. The van der Waals surface area contributed by atoms with E-state index in [1.165, 1.54) is 5.69 Å². The fraction of sp³-hybridized carbons (Fsp3) is 0.176. The van der Waals surface area contributed by atoms with Crippen molar-refractivity contribution in [1.29, 1.82) is 0 Å². The first-order chi connectivity index (χ1) is 9.79. The Hall–Kier alpha value is -2.42. The van der Waals surface area contributed by atoms with Gasteiger partial charge in [-0.3, -0.25) is 0 Å². The number of phenolic OH excluding ortho intramolecular Hbond substituents is 1.